The summed E-state index contributed by atoms with van der Waals surface area (Å²) in [5.74, 6) is 1.46. The fourth-order valence-electron chi connectivity index (χ4n) is 3.65. The van der Waals surface area contributed by atoms with Gasteiger partial charge in [-0.05, 0) is 72.5 Å². The molecule has 4 aromatic rings. The number of pyridine rings is 1. The second-order valence-electron chi connectivity index (χ2n) is 7.37. The number of carbonyl (C=O) groups excluding carboxylic acids is 1. The number of benzene rings is 2. The van der Waals surface area contributed by atoms with Crippen LogP contribution >= 0.6 is 0 Å². The smallest absolute Gasteiger partial charge is 0.271 e. The summed E-state index contributed by atoms with van der Waals surface area (Å²) in [6, 6.07) is 17.6. The predicted molar refractivity (Wildman–Crippen MR) is 121 cm³/mol. The van der Waals surface area contributed by atoms with Gasteiger partial charge in [0.15, 0.2) is 0 Å². The monoisotopic (exact) mass is 415 g/mol. The van der Waals surface area contributed by atoms with Crippen LogP contribution in [0.2, 0.25) is 0 Å². The molecule has 0 aliphatic carbocycles. The Hall–Kier alpha value is -3.80. The van der Waals surface area contributed by atoms with Crippen molar-refractivity contribution in [3.63, 3.8) is 0 Å². The van der Waals surface area contributed by atoms with E-state index >= 15 is 0 Å². The van der Waals surface area contributed by atoms with E-state index in [2.05, 4.69) is 22.4 Å². The van der Waals surface area contributed by atoms with E-state index in [1.54, 1.807) is 13.3 Å². The molecule has 6 nitrogen and oxygen atoms in total. The Morgan fingerprint density at radius 2 is 1.74 bits per heavy atom. The molecule has 158 valence electrons. The molecule has 31 heavy (non-hydrogen) atoms. The predicted octanol–water partition coefficient (Wildman–Crippen LogP) is 4.44. The highest BCUT2D eigenvalue weighted by Gasteiger charge is 2.12. The SMILES string of the molecule is COc1c(C)cc(-c2ccc3nc(C(=O)NCCOc4ccccc4)cn3c2)cc1C. The lowest BCUT2D eigenvalue weighted by molar-refractivity contribution is 0.0942. The molecule has 0 bridgehead atoms. The van der Waals surface area contributed by atoms with Crippen molar-refractivity contribution in [2.24, 2.45) is 0 Å². The van der Waals surface area contributed by atoms with Gasteiger partial charge in [0.1, 0.15) is 29.4 Å². The van der Waals surface area contributed by atoms with Gasteiger partial charge >= 0.3 is 0 Å². The number of aryl methyl sites for hydroxylation is 2. The molecule has 4 rings (SSSR count). The van der Waals surface area contributed by atoms with Crippen LogP contribution in [0.5, 0.6) is 11.5 Å². The van der Waals surface area contributed by atoms with Crippen molar-refractivity contribution in [2.45, 2.75) is 13.8 Å². The minimum atomic E-state index is -0.224. The highest BCUT2D eigenvalue weighted by molar-refractivity contribution is 5.92. The number of nitrogens with one attached hydrogen (secondary N) is 1. The molecule has 0 atom stereocenters. The fraction of sp³-hybridized carbons (Fsp3) is 0.200. The number of nitrogens with zero attached hydrogens (tertiary/aromatic N) is 2. The van der Waals surface area contributed by atoms with Crippen LogP contribution < -0.4 is 14.8 Å². The third kappa shape index (κ3) is 4.53. The molecule has 0 aliphatic rings. The lowest BCUT2D eigenvalue weighted by Crippen LogP contribution is -2.28. The first-order valence-corrected chi connectivity index (χ1v) is 10.2. The van der Waals surface area contributed by atoms with Gasteiger partial charge in [-0.25, -0.2) is 4.98 Å². The molecular weight excluding hydrogens is 390 g/mol. The number of rotatable bonds is 7. The zero-order valence-corrected chi connectivity index (χ0v) is 17.9. The van der Waals surface area contributed by atoms with Crippen LogP contribution in [-0.4, -0.2) is 35.6 Å². The van der Waals surface area contributed by atoms with Gasteiger partial charge in [0.2, 0.25) is 0 Å². The Balaban J connectivity index is 1.45. The maximum absolute atomic E-state index is 12.5. The highest BCUT2D eigenvalue weighted by Crippen LogP contribution is 2.30. The van der Waals surface area contributed by atoms with Gasteiger partial charge < -0.3 is 19.2 Å². The Morgan fingerprint density at radius 3 is 2.45 bits per heavy atom. The van der Waals surface area contributed by atoms with Gasteiger partial charge in [0, 0.05) is 12.4 Å². The van der Waals surface area contributed by atoms with Gasteiger partial charge in [-0.1, -0.05) is 18.2 Å². The third-order valence-corrected chi connectivity index (χ3v) is 5.08. The summed E-state index contributed by atoms with van der Waals surface area (Å²) in [5.41, 5.74) is 5.40. The highest BCUT2D eigenvalue weighted by atomic mass is 16.5. The molecule has 0 unspecified atom stereocenters. The van der Waals surface area contributed by atoms with Crippen molar-refractivity contribution in [3.05, 3.63) is 83.8 Å². The molecule has 2 aromatic heterocycles. The minimum absolute atomic E-state index is 0.224. The number of imidazole rings is 1. The van der Waals surface area contributed by atoms with E-state index in [9.17, 15) is 4.79 Å². The number of aromatic nitrogens is 2. The van der Waals surface area contributed by atoms with Gasteiger partial charge in [0.25, 0.3) is 5.91 Å². The minimum Gasteiger partial charge on any atom is -0.496 e. The number of fused-ring (bicyclic) bond motifs is 1. The summed E-state index contributed by atoms with van der Waals surface area (Å²) in [6.07, 6.45) is 3.73. The van der Waals surface area contributed by atoms with Crippen molar-refractivity contribution in [3.8, 4) is 22.6 Å². The van der Waals surface area contributed by atoms with E-state index in [0.29, 0.717) is 18.8 Å². The number of methoxy groups -OCH3 is 1. The number of ether oxygens (including phenoxy) is 2. The Kier molecular flexibility index (Phi) is 5.89. The summed E-state index contributed by atoms with van der Waals surface area (Å²) in [6.45, 7) is 4.87. The summed E-state index contributed by atoms with van der Waals surface area (Å²) in [5, 5.41) is 2.85. The molecule has 0 radical (unpaired) electrons. The van der Waals surface area contributed by atoms with Crippen LogP contribution in [-0.2, 0) is 0 Å². The summed E-state index contributed by atoms with van der Waals surface area (Å²) in [4.78, 5) is 16.9. The second-order valence-corrected chi connectivity index (χ2v) is 7.37. The van der Waals surface area contributed by atoms with Crippen molar-refractivity contribution >= 4 is 11.6 Å². The molecule has 0 saturated carbocycles. The molecule has 0 saturated heterocycles. The third-order valence-electron chi connectivity index (χ3n) is 5.08. The van der Waals surface area contributed by atoms with Crippen molar-refractivity contribution in [2.75, 3.05) is 20.3 Å². The molecule has 1 amide bonds. The molecule has 2 heterocycles. The first-order valence-electron chi connectivity index (χ1n) is 10.2. The molecular formula is C25H25N3O3. The standard InChI is InChI=1S/C25H25N3O3/c1-17-13-20(14-18(2)24(17)30-3)19-9-10-23-27-22(16-28(23)15-19)25(29)26-11-12-31-21-7-5-4-6-8-21/h4-10,13-16H,11-12H2,1-3H3,(H,26,29). The first-order chi connectivity index (χ1) is 15.0. The maximum Gasteiger partial charge on any atom is 0.271 e. The van der Waals surface area contributed by atoms with E-state index < -0.39 is 0 Å². The Bertz CT molecular complexity index is 1190. The van der Waals surface area contributed by atoms with Gasteiger partial charge in [-0.2, -0.15) is 0 Å². The number of hydrogen-bond donors (Lipinski definition) is 1. The number of carbonyl (C=O) groups is 1. The van der Waals surface area contributed by atoms with E-state index in [1.165, 1.54) is 0 Å². The van der Waals surface area contributed by atoms with Crippen molar-refractivity contribution in [1.82, 2.24) is 14.7 Å². The molecule has 6 heteroatoms. The largest absolute Gasteiger partial charge is 0.496 e. The second kappa shape index (κ2) is 8.92. The number of hydrogen-bond acceptors (Lipinski definition) is 4. The average molecular weight is 415 g/mol. The van der Waals surface area contributed by atoms with Crippen molar-refractivity contribution < 1.29 is 14.3 Å². The lowest BCUT2D eigenvalue weighted by atomic mass is 10.0. The maximum atomic E-state index is 12.5. The van der Waals surface area contributed by atoms with E-state index in [0.717, 1.165) is 39.4 Å². The van der Waals surface area contributed by atoms with Gasteiger partial charge in [0.05, 0.1) is 13.7 Å². The molecule has 0 fully saturated rings. The quantitative estimate of drug-likeness (QED) is 0.454. The van der Waals surface area contributed by atoms with Crippen LogP contribution in [0.3, 0.4) is 0 Å². The first kappa shape index (κ1) is 20.5. The molecule has 0 aliphatic heterocycles. The van der Waals surface area contributed by atoms with Crippen LogP contribution in [0.4, 0.5) is 0 Å². The Labute approximate surface area is 181 Å². The zero-order valence-electron chi connectivity index (χ0n) is 17.9. The van der Waals surface area contributed by atoms with Gasteiger partial charge in [-0.15, -0.1) is 0 Å². The van der Waals surface area contributed by atoms with Crippen LogP contribution in [0.15, 0.2) is 67.0 Å². The lowest BCUT2D eigenvalue weighted by Gasteiger charge is -2.11. The number of para-hydroxylation sites is 1. The van der Waals surface area contributed by atoms with Crippen LogP contribution in [0.1, 0.15) is 21.6 Å². The van der Waals surface area contributed by atoms with E-state index in [4.69, 9.17) is 9.47 Å². The molecule has 2 aromatic carbocycles. The fourth-order valence-corrected chi connectivity index (χ4v) is 3.65. The molecule has 0 spiro atoms. The van der Waals surface area contributed by atoms with Gasteiger partial charge in [-0.3, -0.25) is 4.79 Å². The normalized spacial score (nSPS) is 10.8. The van der Waals surface area contributed by atoms with Crippen molar-refractivity contribution in [1.29, 1.82) is 0 Å². The topological polar surface area (TPSA) is 64.9 Å². The van der Waals surface area contributed by atoms with E-state index in [-0.39, 0.29) is 5.91 Å². The number of amides is 1. The van der Waals surface area contributed by atoms with E-state index in [1.807, 2.05) is 66.9 Å². The molecule has 1 N–H and O–H groups in total. The van der Waals surface area contributed by atoms with Crippen LogP contribution in [0.25, 0.3) is 16.8 Å². The summed E-state index contributed by atoms with van der Waals surface area (Å²) in [7, 11) is 1.69. The summed E-state index contributed by atoms with van der Waals surface area (Å²) >= 11 is 0. The zero-order chi connectivity index (χ0) is 21.8. The van der Waals surface area contributed by atoms with Crippen LogP contribution in [0, 0.1) is 13.8 Å². The average Bonchev–Trinajstić information content (AvgIpc) is 3.20. The summed E-state index contributed by atoms with van der Waals surface area (Å²) < 4.78 is 12.9. The Morgan fingerprint density at radius 1 is 1.00 bits per heavy atom.